The van der Waals surface area contributed by atoms with E-state index in [1.165, 1.54) is 0 Å². The molecule has 1 aliphatic heterocycles. The molecule has 1 saturated heterocycles. The number of rotatable bonds is 4. The average molecular weight is 318 g/mol. The summed E-state index contributed by atoms with van der Waals surface area (Å²) in [6.07, 6.45) is 0.861. The summed E-state index contributed by atoms with van der Waals surface area (Å²) >= 11 is 0. The van der Waals surface area contributed by atoms with Crippen molar-refractivity contribution in [3.8, 4) is 5.75 Å². The maximum absolute atomic E-state index is 12.5. The lowest BCUT2D eigenvalue weighted by Gasteiger charge is -2.34. The summed E-state index contributed by atoms with van der Waals surface area (Å²) in [6.45, 7) is 8.41. The first kappa shape index (κ1) is 17.3. The molecule has 0 radical (unpaired) electrons. The Labute approximate surface area is 138 Å². The largest absolute Gasteiger partial charge is 0.496 e. The molecule has 23 heavy (non-hydrogen) atoms. The Kier molecular flexibility index (Phi) is 5.64. The zero-order valence-corrected chi connectivity index (χ0v) is 14.5. The topological polar surface area (TPSA) is 49.9 Å². The van der Waals surface area contributed by atoms with Gasteiger partial charge in [0.15, 0.2) is 0 Å². The average Bonchev–Trinajstić information content (AvgIpc) is 2.57. The molecule has 0 spiro atoms. The monoisotopic (exact) mass is 318 g/mol. The second-order valence-electron chi connectivity index (χ2n) is 6.04. The minimum atomic E-state index is 0.0927. The van der Waals surface area contributed by atoms with Gasteiger partial charge in [0.1, 0.15) is 5.75 Å². The van der Waals surface area contributed by atoms with Gasteiger partial charge in [-0.05, 0) is 31.0 Å². The summed E-state index contributed by atoms with van der Waals surface area (Å²) < 4.78 is 5.41. The molecule has 1 heterocycles. The molecule has 0 saturated carbocycles. The van der Waals surface area contributed by atoms with Gasteiger partial charge in [0.2, 0.25) is 11.8 Å². The highest BCUT2D eigenvalue weighted by molar-refractivity contribution is 5.80. The number of hydrogen-bond acceptors (Lipinski definition) is 3. The van der Waals surface area contributed by atoms with Crippen molar-refractivity contribution < 1.29 is 14.3 Å². The van der Waals surface area contributed by atoms with E-state index in [0.717, 1.165) is 22.4 Å². The van der Waals surface area contributed by atoms with Crippen LogP contribution in [0.1, 0.15) is 30.0 Å². The second kappa shape index (κ2) is 7.49. The number of ether oxygens (including phenoxy) is 1. The summed E-state index contributed by atoms with van der Waals surface area (Å²) in [5.41, 5.74) is 3.24. The Morgan fingerprint density at radius 1 is 1.00 bits per heavy atom. The predicted octanol–water partition coefficient (Wildman–Crippen LogP) is 1.94. The van der Waals surface area contributed by atoms with E-state index in [-0.39, 0.29) is 11.8 Å². The van der Waals surface area contributed by atoms with Crippen molar-refractivity contribution in [2.24, 2.45) is 0 Å². The van der Waals surface area contributed by atoms with Gasteiger partial charge in [-0.1, -0.05) is 13.0 Å². The van der Waals surface area contributed by atoms with Crippen LogP contribution in [0.2, 0.25) is 0 Å². The van der Waals surface area contributed by atoms with E-state index in [4.69, 9.17) is 4.74 Å². The van der Waals surface area contributed by atoms with Crippen molar-refractivity contribution in [3.05, 3.63) is 28.8 Å². The molecule has 0 aromatic heterocycles. The van der Waals surface area contributed by atoms with Crippen molar-refractivity contribution in [3.63, 3.8) is 0 Å². The number of nitrogens with zero attached hydrogens (tertiary/aromatic N) is 2. The van der Waals surface area contributed by atoms with Gasteiger partial charge in [-0.15, -0.1) is 0 Å². The summed E-state index contributed by atoms with van der Waals surface area (Å²) in [5.74, 6) is 1.02. The third kappa shape index (κ3) is 4.03. The molecule has 1 aromatic carbocycles. The molecule has 0 atom stereocenters. The van der Waals surface area contributed by atoms with Crippen LogP contribution < -0.4 is 4.74 Å². The molecule has 0 unspecified atom stereocenters. The summed E-state index contributed by atoms with van der Waals surface area (Å²) in [7, 11) is 1.63. The number of benzene rings is 1. The molecule has 0 bridgehead atoms. The van der Waals surface area contributed by atoms with Gasteiger partial charge >= 0.3 is 0 Å². The van der Waals surface area contributed by atoms with Crippen LogP contribution in [0.3, 0.4) is 0 Å². The second-order valence-corrected chi connectivity index (χ2v) is 6.04. The van der Waals surface area contributed by atoms with Gasteiger partial charge in [-0.25, -0.2) is 0 Å². The van der Waals surface area contributed by atoms with Gasteiger partial charge in [0.05, 0.1) is 13.5 Å². The number of carbonyl (C=O) groups is 2. The number of carbonyl (C=O) groups excluding carboxylic acids is 2. The first-order chi connectivity index (χ1) is 11.0. The lowest BCUT2D eigenvalue weighted by atomic mass is 10.0. The maximum atomic E-state index is 12.5. The fourth-order valence-electron chi connectivity index (χ4n) is 2.88. The van der Waals surface area contributed by atoms with E-state index in [0.29, 0.717) is 39.0 Å². The van der Waals surface area contributed by atoms with Crippen LogP contribution in [0.25, 0.3) is 0 Å². The minimum Gasteiger partial charge on any atom is -0.496 e. The van der Waals surface area contributed by atoms with Crippen LogP contribution in [-0.4, -0.2) is 54.9 Å². The first-order valence-corrected chi connectivity index (χ1v) is 8.16. The Morgan fingerprint density at radius 3 is 2.04 bits per heavy atom. The molecule has 1 fully saturated rings. The van der Waals surface area contributed by atoms with Crippen molar-refractivity contribution in [1.29, 1.82) is 0 Å². The molecule has 1 aromatic rings. The van der Waals surface area contributed by atoms with Crippen molar-refractivity contribution >= 4 is 11.8 Å². The zero-order chi connectivity index (χ0) is 17.0. The fourth-order valence-corrected chi connectivity index (χ4v) is 2.88. The molecule has 2 rings (SSSR count). The Morgan fingerprint density at radius 2 is 1.52 bits per heavy atom. The SMILES string of the molecule is CCC(=O)N1CCN(C(=O)Cc2cc(C)c(C)cc2OC)CC1. The summed E-state index contributed by atoms with van der Waals surface area (Å²) in [4.78, 5) is 27.9. The van der Waals surface area contributed by atoms with E-state index in [2.05, 4.69) is 0 Å². The standard InChI is InChI=1S/C18H26N2O3/c1-5-17(21)19-6-8-20(9-7-19)18(22)12-15-10-13(2)14(3)11-16(15)23-4/h10-11H,5-9,12H2,1-4H3. The van der Waals surface area contributed by atoms with Crippen LogP contribution >= 0.6 is 0 Å². The molecule has 126 valence electrons. The highest BCUT2D eigenvalue weighted by atomic mass is 16.5. The van der Waals surface area contributed by atoms with Gasteiger partial charge in [-0.2, -0.15) is 0 Å². The highest BCUT2D eigenvalue weighted by Gasteiger charge is 2.24. The number of piperazine rings is 1. The number of hydrogen-bond donors (Lipinski definition) is 0. The van der Waals surface area contributed by atoms with Crippen molar-refractivity contribution in [2.45, 2.75) is 33.6 Å². The molecule has 0 aliphatic carbocycles. The normalized spacial score (nSPS) is 14.8. The van der Waals surface area contributed by atoms with E-state index >= 15 is 0 Å². The van der Waals surface area contributed by atoms with Crippen LogP contribution in [0.4, 0.5) is 0 Å². The molecule has 0 N–H and O–H groups in total. The lowest BCUT2D eigenvalue weighted by molar-refractivity contribution is -0.139. The third-order valence-electron chi connectivity index (χ3n) is 4.53. The molecule has 1 aliphatic rings. The molecular formula is C18H26N2O3. The van der Waals surface area contributed by atoms with E-state index in [1.54, 1.807) is 7.11 Å². The molecular weight excluding hydrogens is 292 g/mol. The van der Waals surface area contributed by atoms with Crippen LogP contribution in [0, 0.1) is 13.8 Å². The Hall–Kier alpha value is -2.04. The smallest absolute Gasteiger partial charge is 0.227 e. The van der Waals surface area contributed by atoms with Crippen LogP contribution in [0.5, 0.6) is 5.75 Å². The van der Waals surface area contributed by atoms with E-state index in [1.807, 2.05) is 42.7 Å². The Bertz CT molecular complexity index is 590. The quantitative estimate of drug-likeness (QED) is 0.852. The fraction of sp³-hybridized carbons (Fsp3) is 0.556. The van der Waals surface area contributed by atoms with Crippen molar-refractivity contribution in [2.75, 3.05) is 33.3 Å². The number of aryl methyl sites for hydroxylation is 2. The zero-order valence-electron chi connectivity index (χ0n) is 14.5. The van der Waals surface area contributed by atoms with Crippen LogP contribution in [0.15, 0.2) is 12.1 Å². The highest BCUT2D eigenvalue weighted by Crippen LogP contribution is 2.24. The number of methoxy groups -OCH3 is 1. The summed E-state index contributed by atoms with van der Waals surface area (Å²) in [6, 6.07) is 4.01. The van der Waals surface area contributed by atoms with E-state index in [9.17, 15) is 9.59 Å². The van der Waals surface area contributed by atoms with Crippen molar-refractivity contribution in [1.82, 2.24) is 9.80 Å². The third-order valence-corrected chi connectivity index (χ3v) is 4.53. The van der Waals surface area contributed by atoms with Crippen LogP contribution in [-0.2, 0) is 16.0 Å². The van der Waals surface area contributed by atoms with Gasteiger partial charge in [0.25, 0.3) is 0 Å². The maximum Gasteiger partial charge on any atom is 0.227 e. The molecule has 5 heteroatoms. The van der Waals surface area contributed by atoms with Gasteiger partial charge in [0, 0.05) is 38.2 Å². The molecule has 2 amide bonds. The lowest BCUT2D eigenvalue weighted by Crippen LogP contribution is -2.50. The minimum absolute atomic E-state index is 0.0927. The van der Waals surface area contributed by atoms with Gasteiger partial charge < -0.3 is 14.5 Å². The first-order valence-electron chi connectivity index (χ1n) is 8.16. The van der Waals surface area contributed by atoms with Gasteiger partial charge in [-0.3, -0.25) is 9.59 Å². The van der Waals surface area contributed by atoms with E-state index < -0.39 is 0 Å². The Balaban J connectivity index is 2.01. The predicted molar refractivity (Wildman–Crippen MR) is 89.6 cm³/mol. The summed E-state index contributed by atoms with van der Waals surface area (Å²) in [5, 5.41) is 0. The number of amides is 2. The molecule has 5 nitrogen and oxygen atoms in total.